The Balaban J connectivity index is 1.40. The van der Waals surface area contributed by atoms with Crippen LogP contribution in [0.1, 0.15) is 35.2 Å². The molecular formula is C21H23ClN2OS. The van der Waals surface area contributed by atoms with Crippen molar-refractivity contribution in [2.45, 2.75) is 42.0 Å². The summed E-state index contributed by atoms with van der Waals surface area (Å²) in [5, 5.41) is 4.21. The van der Waals surface area contributed by atoms with E-state index < -0.39 is 0 Å². The second-order valence-corrected chi connectivity index (χ2v) is 8.51. The van der Waals surface area contributed by atoms with E-state index in [-0.39, 0.29) is 5.91 Å². The summed E-state index contributed by atoms with van der Waals surface area (Å²) in [4.78, 5) is 16.4. The van der Waals surface area contributed by atoms with Gasteiger partial charge in [-0.3, -0.25) is 4.79 Å². The van der Waals surface area contributed by atoms with Crippen molar-refractivity contribution >= 4 is 29.3 Å². The molecular weight excluding hydrogens is 364 g/mol. The molecule has 2 aliphatic rings. The first-order valence-corrected chi connectivity index (χ1v) is 10.6. The molecule has 0 saturated carbocycles. The van der Waals surface area contributed by atoms with Gasteiger partial charge in [-0.25, -0.2) is 0 Å². The number of hydrogen-bond acceptors (Lipinski definition) is 3. The minimum Gasteiger partial charge on any atom is -0.331 e. The number of rotatable bonds is 4. The molecule has 1 N–H and O–H groups in total. The van der Waals surface area contributed by atoms with Gasteiger partial charge in [0.05, 0.1) is 0 Å². The second kappa shape index (κ2) is 8.03. The first-order chi connectivity index (χ1) is 12.7. The van der Waals surface area contributed by atoms with E-state index >= 15 is 0 Å². The maximum absolute atomic E-state index is 13.0. The fraction of sp³-hybridized carbons (Fsp3) is 0.381. The fourth-order valence-corrected chi connectivity index (χ4v) is 4.88. The number of amides is 1. The summed E-state index contributed by atoms with van der Waals surface area (Å²) in [5.74, 6) is 1.08. The lowest BCUT2D eigenvalue weighted by molar-refractivity contribution is 0.0680. The van der Waals surface area contributed by atoms with Crippen LogP contribution in [0, 0.1) is 0 Å². The lowest BCUT2D eigenvalue weighted by Crippen LogP contribution is -2.42. The Morgan fingerprint density at radius 2 is 1.77 bits per heavy atom. The van der Waals surface area contributed by atoms with Crippen molar-refractivity contribution in [2.24, 2.45) is 0 Å². The molecule has 2 fully saturated rings. The van der Waals surface area contributed by atoms with Crippen LogP contribution in [0.3, 0.4) is 0 Å². The highest BCUT2D eigenvalue weighted by Crippen LogP contribution is 2.30. The number of fused-ring (bicyclic) bond motifs is 2. The summed E-state index contributed by atoms with van der Waals surface area (Å²) in [6.45, 7) is 1.95. The lowest BCUT2D eigenvalue weighted by atomic mass is 10.1. The predicted octanol–water partition coefficient (Wildman–Crippen LogP) is 4.60. The predicted molar refractivity (Wildman–Crippen MR) is 108 cm³/mol. The van der Waals surface area contributed by atoms with Crippen LogP contribution in [-0.4, -0.2) is 36.0 Å². The quantitative estimate of drug-likeness (QED) is 0.779. The third-order valence-electron chi connectivity index (χ3n) is 5.31. The van der Waals surface area contributed by atoms with Gasteiger partial charge in [0.25, 0.3) is 5.91 Å². The summed E-state index contributed by atoms with van der Waals surface area (Å²) in [6, 6.07) is 16.8. The number of benzene rings is 2. The molecule has 2 aliphatic heterocycles. The Hall–Kier alpha value is -1.49. The van der Waals surface area contributed by atoms with Crippen LogP contribution in [0.15, 0.2) is 53.4 Å². The largest absolute Gasteiger partial charge is 0.331 e. The Morgan fingerprint density at radius 3 is 2.54 bits per heavy atom. The van der Waals surface area contributed by atoms with Gasteiger partial charge in [0, 0.05) is 39.9 Å². The Bertz CT molecular complexity index is 749. The van der Waals surface area contributed by atoms with E-state index in [9.17, 15) is 4.79 Å². The van der Waals surface area contributed by atoms with Crippen molar-refractivity contribution in [1.29, 1.82) is 0 Å². The van der Waals surface area contributed by atoms with Crippen molar-refractivity contribution in [3.8, 4) is 0 Å². The first-order valence-electron chi connectivity index (χ1n) is 9.21. The number of halogens is 1. The van der Waals surface area contributed by atoms with Crippen LogP contribution >= 0.6 is 23.4 Å². The van der Waals surface area contributed by atoms with E-state index in [1.54, 1.807) is 11.8 Å². The van der Waals surface area contributed by atoms with E-state index in [0.29, 0.717) is 12.1 Å². The second-order valence-electron chi connectivity index (χ2n) is 7.03. The summed E-state index contributed by atoms with van der Waals surface area (Å²) < 4.78 is 0. The van der Waals surface area contributed by atoms with E-state index in [4.69, 9.17) is 11.6 Å². The smallest absolute Gasteiger partial charge is 0.254 e. The van der Waals surface area contributed by atoms with E-state index in [1.165, 1.54) is 10.5 Å². The maximum Gasteiger partial charge on any atom is 0.254 e. The first kappa shape index (κ1) is 17.9. The molecule has 5 heteroatoms. The van der Waals surface area contributed by atoms with Gasteiger partial charge in [0.1, 0.15) is 0 Å². The highest BCUT2D eigenvalue weighted by molar-refractivity contribution is 7.98. The molecule has 2 heterocycles. The SMILES string of the molecule is O=C(c1ccc(CSc2ccc(Cl)cc2)cc1)N1C2CCNCC1CC2. The zero-order valence-electron chi connectivity index (χ0n) is 14.7. The molecule has 136 valence electrons. The van der Waals surface area contributed by atoms with Gasteiger partial charge in [-0.15, -0.1) is 11.8 Å². The zero-order chi connectivity index (χ0) is 17.9. The third-order valence-corrected chi connectivity index (χ3v) is 6.64. The number of nitrogens with zero attached hydrogens (tertiary/aromatic N) is 1. The van der Waals surface area contributed by atoms with Gasteiger partial charge < -0.3 is 10.2 Å². The highest BCUT2D eigenvalue weighted by Gasteiger charge is 2.38. The average molecular weight is 387 g/mol. The van der Waals surface area contributed by atoms with Crippen LogP contribution in [0.5, 0.6) is 0 Å². The van der Waals surface area contributed by atoms with E-state index in [2.05, 4.69) is 22.3 Å². The van der Waals surface area contributed by atoms with Crippen molar-refractivity contribution in [2.75, 3.05) is 13.1 Å². The molecule has 26 heavy (non-hydrogen) atoms. The molecule has 2 atom stereocenters. The molecule has 1 amide bonds. The Kier molecular flexibility index (Phi) is 5.53. The third kappa shape index (κ3) is 3.93. The molecule has 0 aromatic heterocycles. The number of carbonyl (C=O) groups is 1. The molecule has 2 saturated heterocycles. The minimum atomic E-state index is 0.193. The van der Waals surface area contributed by atoms with Crippen LogP contribution in [0.4, 0.5) is 0 Å². The van der Waals surface area contributed by atoms with Gasteiger partial charge in [0.15, 0.2) is 0 Å². The lowest BCUT2D eigenvalue weighted by Gasteiger charge is -2.28. The molecule has 2 aromatic rings. The van der Waals surface area contributed by atoms with Gasteiger partial charge in [-0.2, -0.15) is 0 Å². The normalized spacial score (nSPS) is 22.3. The molecule has 2 unspecified atom stereocenters. The van der Waals surface area contributed by atoms with Crippen LogP contribution in [-0.2, 0) is 5.75 Å². The highest BCUT2D eigenvalue weighted by atomic mass is 35.5. The van der Waals surface area contributed by atoms with E-state index in [1.807, 2.05) is 36.4 Å². The molecule has 2 aromatic carbocycles. The minimum absolute atomic E-state index is 0.193. The van der Waals surface area contributed by atoms with Crippen molar-refractivity contribution in [1.82, 2.24) is 10.2 Å². The van der Waals surface area contributed by atoms with Crippen molar-refractivity contribution < 1.29 is 4.79 Å². The summed E-state index contributed by atoms with van der Waals surface area (Å²) in [6.07, 6.45) is 3.34. The van der Waals surface area contributed by atoms with Gasteiger partial charge >= 0.3 is 0 Å². The number of nitrogens with one attached hydrogen (secondary N) is 1. The van der Waals surface area contributed by atoms with Crippen LogP contribution in [0.2, 0.25) is 5.02 Å². The monoisotopic (exact) mass is 386 g/mol. The van der Waals surface area contributed by atoms with Crippen molar-refractivity contribution in [3.05, 3.63) is 64.7 Å². The summed E-state index contributed by atoms with van der Waals surface area (Å²) >= 11 is 7.70. The topological polar surface area (TPSA) is 32.3 Å². The standard InChI is InChI=1S/C21H23ClN2OS/c22-17-5-9-20(10-6-17)26-14-15-1-3-16(4-2-15)21(25)24-18-7-8-19(24)13-23-12-11-18/h1-6,9-10,18-19,23H,7-8,11-14H2. The molecule has 0 radical (unpaired) electrons. The number of hydrogen-bond donors (Lipinski definition) is 1. The molecule has 2 bridgehead atoms. The zero-order valence-corrected chi connectivity index (χ0v) is 16.2. The molecule has 0 spiro atoms. The summed E-state index contributed by atoms with van der Waals surface area (Å²) in [7, 11) is 0. The van der Waals surface area contributed by atoms with Gasteiger partial charge in [-0.05, 0) is 67.8 Å². The van der Waals surface area contributed by atoms with Crippen LogP contribution < -0.4 is 5.32 Å². The van der Waals surface area contributed by atoms with Gasteiger partial charge in [0.2, 0.25) is 0 Å². The molecule has 4 rings (SSSR count). The van der Waals surface area contributed by atoms with Crippen molar-refractivity contribution in [3.63, 3.8) is 0 Å². The number of thioether (sulfide) groups is 1. The van der Waals surface area contributed by atoms with Gasteiger partial charge in [-0.1, -0.05) is 23.7 Å². The van der Waals surface area contributed by atoms with E-state index in [0.717, 1.165) is 48.7 Å². The molecule has 3 nitrogen and oxygen atoms in total. The maximum atomic E-state index is 13.0. The fourth-order valence-electron chi connectivity index (χ4n) is 3.90. The average Bonchev–Trinajstić information content (AvgIpc) is 2.94. The summed E-state index contributed by atoms with van der Waals surface area (Å²) in [5.41, 5.74) is 2.03. The Morgan fingerprint density at radius 1 is 1.04 bits per heavy atom. The number of carbonyl (C=O) groups excluding carboxylic acids is 1. The van der Waals surface area contributed by atoms with Crippen LogP contribution in [0.25, 0.3) is 0 Å². The Labute approximate surface area is 164 Å². The molecule has 0 aliphatic carbocycles.